The molecule has 5 heteroatoms. The average molecular weight is 224 g/mol. The highest BCUT2D eigenvalue weighted by Crippen LogP contribution is 2.25. The summed E-state index contributed by atoms with van der Waals surface area (Å²) < 4.78 is 10.6. The minimum atomic E-state index is -1.49. The molecular weight excluding hydrogens is 207 g/mol. The van der Waals surface area contributed by atoms with Gasteiger partial charge in [0.25, 0.3) is 0 Å². The van der Waals surface area contributed by atoms with Crippen molar-refractivity contribution < 1.29 is 19.5 Å². The summed E-state index contributed by atoms with van der Waals surface area (Å²) in [6, 6.07) is 4.85. The lowest BCUT2D eigenvalue weighted by Crippen LogP contribution is -2.29. The van der Waals surface area contributed by atoms with Crippen molar-refractivity contribution in [1.82, 2.24) is 0 Å². The molecule has 0 amide bonds. The second kappa shape index (κ2) is 6.40. The largest absolute Gasteiger partial charge is 0.493 e. The lowest BCUT2D eigenvalue weighted by Gasteiger charge is -2.11. The van der Waals surface area contributed by atoms with Crippen LogP contribution < -0.4 is 14.9 Å². The van der Waals surface area contributed by atoms with Gasteiger partial charge in [-0.1, -0.05) is 19.4 Å². The highest BCUT2D eigenvalue weighted by atomic mass is 16.5. The number of methoxy groups -OCH3 is 1. The molecule has 1 aromatic carbocycles. The molecule has 0 aromatic heterocycles. The van der Waals surface area contributed by atoms with Crippen LogP contribution in [0.5, 0.6) is 11.5 Å². The van der Waals surface area contributed by atoms with Gasteiger partial charge in [-0.05, 0) is 24.0 Å². The average Bonchev–Trinajstić information content (AvgIpc) is 2.29. The summed E-state index contributed by atoms with van der Waals surface area (Å²) in [4.78, 5) is 0. The maximum atomic E-state index is 9.01. The van der Waals surface area contributed by atoms with Crippen molar-refractivity contribution in [2.75, 3.05) is 13.7 Å². The predicted octanol–water partition coefficient (Wildman–Crippen LogP) is 0.554. The normalized spacial score (nSPS) is 10.0. The van der Waals surface area contributed by atoms with Gasteiger partial charge in [0.15, 0.2) is 11.5 Å². The monoisotopic (exact) mass is 224 g/mol. The van der Waals surface area contributed by atoms with Gasteiger partial charge in [-0.15, -0.1) is 0 Å². The summed E-state index contributed by atoms with van der Waals surface area (Å²) in [5, 5.41) is 18.0. The number of unbranched alkanes of at least 4 members (excludes halogenated alkanes) is 1. The maximum Gasteiger partial charge on any atom is 0.488 e. The number of rotatable bonds is 6. The smallest absolute Gasteiger partial charge is 0.488 e. The molecule has 1 rings (SSSR count). The third kappa shape index (κ3) is 3.43. The zero-order valence-electron chi connectivity index (χ0n) is 9.64. The van der Waals surface area contributed by atoms with E-state index in [9.17, 15) is 0 Å². The molecule has 0 atom stereocenters. The van der Waals surface area contributed by atoms with E-state index >= 15 is 0 Å². The van der Waals surface area contributed by atoms with Crippen LogP contribution in [0, 0.1) is 0 Å². The van der Waals surface area contributed by atoms with E-state index < -0.39 is 7.12 Å². The molecule has 0 saturated heterocycles. The molecule has 2 N–H and O–H groups in total. The first-order chi connectivity index (χ1) is 7.69. The number of hydrogen-bond donors (Lipinski definition) is 2. The van der Waals surface area contributed by atoms with Gasteiger partial charge in [-0.2, -0.15) is 0 Å². The topological polar surface area (TPSA) is 58.9 Å². The second-order valence-corrected chi connectivity index (χ2v) is 3.49. The third-order valence-electron chi connectivity index (χ3n) is 2.24. The van der Waals surface area contributed by atoms with Crippen molar-refractivity contribution in [3.8, 4) is 11.5 Å². The van der Waals surface area contributed by atoms with Crippen LogP contribution in [0.15, 0.2) is 18.2 Å². The Morgan fingerprint density at radius 3 is 2.56 bits per heavy atom. The first-order valence-corrected chi connectivity index (χ1v) is 5.36. The van der Waals surface area contributed by atoms with Crippen molar-refractivity contribution in [2.45, 2.75) is 19.8 Å². The fourth-order valence-electron chi connectivity index (χ4n) is 1.29. The summed E-state index contributed by atoms with van der Waals surface area (Å²) in [6.45, 7) is 2.72. The zero-order chi connectivity index (χ0) is 12.0. The van der Waals surface area contributed by atoms with Gasteiger partial charge in [0.1, 0.15) is 0 Å². The van der Waals surface area contributed by atoms with Crippen molar-refractivity contribution in [2.24, 2.45) is 0 Å². The van der Waals surface area contributed by atoms with Crippen LogP contribution in [-0.4, -0.2) is 30.9 Å². The second-order valence-electron chi connectivity index (χ2n) is 3.49. The molecule has 0 unspecified atom stereocenters. The molecule has 4 nitrogen and oxygen atoms in total. The Morgan fingerprint density at radius 1 is 1.25 bits per heavy atom. The van der Waals surface area contributed by atoms with Crippen molar-refractivity contribution in [3.05, 3.63) is 18.2 Å². The third-order valence-corrected chi connectivity index (χ3v) is 2.24. The molecule has 0 aliphatic carbocycles. The van der Waals surface area contributed by atoms with Gasteiger partial charge in [-0.25, -0.2) is 0 Å². The fourth-order valence-corrected chi connectivity index (χ4v) is 1.29. The van der Waals surface area contributed by atoms with Gasteiger partial charge in [0, 0.05) is 0 Å². The lowest BCUT2D eigenvalue weighted by molar-refractivity contribution is 0.288. The summed E-state index contributed by atoms with van der Waals surface area (Å²) in [6.07, 6.45) is 2.04. The highest BCUT2D eigenvalue weighted by molar-refractivity contribution is 6.58. The van der Waals surface area contributed by atoms with E-state index in [1.54, 1.807) is 18.2 Å². The minimum Gasteiger partial charge on any atom is -0.493 e. The first-order valence-electron chi connectivity index (χ1n) is 5.36. The maximum absolute atomic E-state index is 9.01. The van der Waals surface area contributed by atoms with Crippen molar-refractivity contribution in [3.63, 3.8) is 0 Å². The molecule has 0 aliphatic rings. The van der Waals surface area contributed by atoms with Crippen molar-refractivity contribution >= 4 is 12.6 Å². The SMILES string of the molecule is CCCCOc1ccc(B(O)O)cc1OC. The Bertz CT molecular complexity index is 328. The Labute approximate surface area is 96.0 Å². The van der Waals surface area contributed by atoms with Crippen LogP contribution in [0.25, 0.3) is 0 Å². The highest BCUT2D eigenvalue weighted by Gasteiger charge is 2.14. The lowest BCUT2D eigenvalue weighted by atomic mass is 9.80. The van der Waals surface area contributed by atoms with E-state index in [0.29, 0.717) is 23.6 Å². The van der Waals surface area contributed by atoms with Gasteiger partial charge in [-0.3, -0.25) is 0 Å². The molecule has 0 bridgehead atoms. The van der Waals surface area contributed by atoms with Gasteiger partial charge >= 0.3 is 7.12 Å². The van der Waals surface area contributed by atoms with Crippen LogP contribution in [-0.2, 0) is 0 Å². The standard InChI is InChI=1S/C11H17BO4/c1-3-4-7-16-10-6-5-9(12(13)14)8-11(10)15-2/h5-6,8,13-14H,3-4,7H2,1-2H3. The van der Waals surface area contributed by atoms with Crippen LogP contribution in [0.1, 0.15) is 19.8 Å². The molecular formula is C11H17BO4. The van der Waals surface area contributed by atoms with Crippen LogP contribution in [0.2, 0.25) is 0 Å². The zero-order valence-corrected chi connectivity index (χ0v) is 9.64. The molecule has 0 fully saturated rings. The molecule has 16 heavy (non-hydrogen) atoms. The number of hydrogen-bond acceptors (Lipinski definition) is 4. The van der Waals surface area contributed by atoms with Gasteiger partial charge < -0.3 is 19.5 Å². The number of benzene rings is 1. The molecule has 0 spiro atoms. The Balaban J connectivity index is 2.76. The fraction of sp³-hybridized carbons (Fsp3) is 0.455. The minimum absolute atomic E-state index is 0.389. The molecule has 0 radical (unpaired) electrons. The van der Waals surface area contributed by atoms with Crippen molar-refractivity contribution in [1.29, 1.82) is 0 Å². The molecule has 1 aromatic rings. The first kappa shape index (κ1) is 12.9. The summed E-state index contributed by atoms with van der Waals surface area (Å²) in [7, 11) is 0.0359. The quantitative estimate of drug-likeness (QED) is 0.547. The van der Waals surface area contributed by atoms with Crippen LogP contribution in [0.3, 0.4) is 0 Å². The van der Waals surface area contributed by atoms with E-state index in [4.69, 9.17) is 19.5 Å². The molecule has 0 saturated carbocycles. The summed E-state index contributed by atoms with van der Waals surface area (Å²) in [5.74, 6) is 1.14. The predicted molar refractivity (Wildman–Crippen MR) is 63.2 cm³/mol. The molecule has 0 aliphatic heterocycles. The Hall–Kier alpha value is -1.20. The Kier molecular flexibility index (Phi) is 5.15. The van der Waals surface area contributed by atoms with E-state index in [1.807, 2.05) is 0 Å². The van der Waals surface area contributed by atoms with Gasteiger partial charge in [0.2, 0.25) is 0 Å². The summed E-state index contributed by atoms with van der Waals surface area (Å²) in [5.41, 5.74) is 0.389. The van der Waals surface area contributed by atoms with E-state index in [-0.39, 0.29) is 0 Å². The summed E-state index contributed by atoms with van der Waals surface area (Å²) >= 11 is 0. The van der Waals surface area contributed by atoms with E-state index in [0.717, 1.165) is 12.8 Å². The Morgan fingerprint density at radius 2 is 2.00 bits per heavy atom. The molecule has 0 heterocycles. The van der Waals surface area contributed by atoms with Gasteiger partial charge in [0.05, 0.1) is 13.7 Å². The van der Waals surface area contributed by atoms with Crippen LogP contribution in [0.4, 0.5) is 0 Å². The van der Waals surface area contributed by atoms with E-state index in [1.165, 1.54) is 7.11 Å². The number of ether oxygens (including phenoxy) is 2. The van der Waals surface area contributed by atoms with E-state index in [2.05, 4.69) is 6.92 Å². The molecule has 88 valence electrons. The van der Waals surface area contributed by atoms with Crippen LogP contribution >= 0.6 is 0 Å².